The molecule has 0 radical (unpaired) electrons. The summed E-state index contributed by atoms with van der Waals surface area (Å²) < 4.78 is 0. The summed E-state index contributed by atoms with van der Waals surface area (Å²) >= 11 is 0. The van der Waals surface area contributed by atoms with Crippen LogP contribution in [-0.2, 0) is 80.0 Å². The van der Waals surface area contributed by atoms with Crippen LogP contribution in [0.2, 0.25) is 0 Å². The van der Waals surface area contributed by atoms with Crippen molar-refractivity contribution in [3.05, 3.63) is 71.8 Å². The Bertz CT molecular complexity index is 2720. The minimum absolute atomic E-state index is 0.0446. The molecule has 86 heavy (non-hydrogen) atoms. The summed E-state index contributed by atoms with van der Waals surface area (Å²) in [6, 6.07) is 1.38. The molecule has 0 saturated heterocycles. The van der Waals surface area contributed by atoms with Gasteiger partial charge in [-0.2, -0.15) is 0 Å². The molecule has 0 aliphatic carbocycles. The van der Waals surface area contributed by atoms with E-state index in [1.807, 2.05) is 0 Å². The number of hydrogen-bond donors (Lipinski definition) is 15. The Kier molecular flexibility index (Phi) is 30.6. The van der Waals surface area contributed by atoms with E-state index in [2.05, 4.69) is 47.9 Å². The van der Waals surface area contributed by atoms with Gasteiger partial charge >= 0.3 is 11.9 Å². The van der Waals surface area contributed by atoms with Gasteiger partial charge < -0.3 is 81.0 Å². The summed E-state index contributed by atoms with van der Waals surface area (Å²) in [7, 11) is 0. The van der Waals surface area contributed by atoms with Crippen molar-refractivity contribution in [3.63, 3.8) is 0 Å². The van der Waals surface area contributed by atoms with Crippen molar-refractivity contribution in [2.24, 2.45) is 46.6 Å². The number of carbonyl (C=O) groups excluding carboxylic acids is 12. The van der Waals surface area contributed by atoms with Crippen LogP contribution in [0.25, 0.3) is 0 Å². The van der Waals surface area contributed by atoms with E-state index < -0.39 is 193 Å². The Balaban J connectivity index is 2.39. The van der Waals surface area contributed by atoms with E-state index in [4.69, 9.17) is 22.9 Å². The third-order valence-corrected chi connectivity index (χ3v) is 14.3. The van der Waals surface area contributed by atoms with E-state index in [-0.39, 0.29) is 25.7 Å². The molecule has 0 aliphatic rings. The number of rotatable bonds is 38. The summed E-state index contributed by atoms with van der Waals surface area (Å²) in [6.07, 6.45) is -3.06. The Morgan fingerprint density at radius 3 is 0.977 bits per heavy atom. The minimum atomic E-state index is -2.04. The van der Waals surface area contributed by atoms with Crippen LogP contribution in [0, 0.1) is 23.7 Å². The summed E-state index contributed by atoms with van der Waals surface area (Å²) in [5.41, 5.74) is 24.0. The van der Waals surface area contributed by atoms with Crippen LogP contribution >= 0.6 is 0 Å². The zero-order chi connectivity index (χ0) is 65.1. The van der Waals surface area contributed by atoms with Crippen LogP contribution in [0.4, 0.5) is 0 Å². The van der Waals surface area contributed by atoms with Gasteiger partial charge in [0, 0.05) is 6.42 Å². The molecule has 0 fully saturated rings. The van der Waals surface area contributed by atoms with Crippen molar-refractivity contribution in [1.29, 1.82) is 0 Å². The molecule has 0 aliphatic heterocycles. The van der Waals surface area contributed by atoms with E-state index in [1.54, 1.807) is 95.3 Å². The average Bonchev–Trinajstić information content (AvgIpc) is 2.44. The second-order valence-corrected chi connectivity index (χ2v) is 21.6. The van der Waals surface area contributed by atoms with Gasteiger partial charge in [-0.15, -0.1) is 0 Å². The summed E-state index contributed by atoms with van der Waals surface area (Å²) in [5, 5.41) is 41.2. The SMILES string of the molecule is CC[C@H](C)[C@H](NC(=O)[C@H](CC(=O)O)NC(=O)[C@@H](NC(=O)[C@@H](N)Cc1ccccc1)[C@@H](C)CC)C(=O)N[C@@H](CC(N)=O)C(=O)N[C@@H](CC(=O)O)C(=O)N[C@H](C(=O)N[C@H](C(=O)N[C@@H](CC(N)=O)C(=O)N[C@@H](Cc1ccccc1)C(N)=O)[C@@H](C)CC)C(C)C. The molecule has 0 heterocycles. The fraction of sp³-hybridized carbons (Fsp3) is 0.544. The lowest BCUT2D eigenvalue weighted by Crippen LogP contribution is -2.62. The molecule has 2 aromatic carbocycles. The molecular weight excluding hydrogens is 1120 g/mol. The van der Waals surface area contributed by atoms with Crippen molar-refractivity contribution in [3.8, 4) is 0 Å². The van der Waals surface area contributed by atoms with Crippen LogP contribution < -0.4 is 70.8 Å². The van der Waals surface area contributed by atoms with Crippen LogP contribution in [0.3, 0.4) is 0 Å². The third kappa shape index (κ3) is 24.7. The fourth-order valence-corrected chi connectivity index (χ4v) is 8.60. The highest BCUT2D eigenvalue weighted by Gasteiger charge is 2.39. The zero-order valence-electron chi connectivity index (χ0n) is 49.6. The molecule has 13 atom stereocenters. The van der Waals surface area contributed by atoms with Crippen molar-refractivity contribution in [2.75, 3.05) is 0 Å². The normalized spacial score (nSPS) is 15.6. The first-order valence-corrected chi connectivity index (χ1v) is 28.2. The Hall–Kier alpha value is -9.02. The van der Waals surface area contributed by atoms with E-state index in [0.29, 0.717) is 12.0 Å². The van der Waals surface area contributed by atoms with Gasteiger partial charge in [-0.1, -0.05) is 135 Å². The maximum atomic E-state index is 14.1. The lowest BCUT2D eigenvalue weighted by Gasteiger charge is -2.30. The van der Waals surface area contributed by atoms with Gasteiger partial charge in [0.15, 0.2) is 0 Å². The summed E-state index contributed by atoms with van der Waals surface area (Å²) in [4.78, 5) is 186. The predicted molar refractivity (Wildman–Crippen MR) is 310 cm³/mol. The number of benzene rings is 2. The van der Waals surface area contributed by atoms with Gasteiger partial charge in [0.25, 0.3) is 0 Å². The molecule has 0 spiro atoms. The van der Waals surface area contributed by atoms with Crippen molar-refractivity contribution < 1.29 is 77.3 Å². The predicted octanol–water partition coefficient (Wildman–Crippen LogP) is -2.86. The van der Waals surface area contributed by atoms with E-state index >= 15 is 0 Å². The van der Waals surface area contributed by atoms with Crippen LogP contribution in [0.5, 0.6) is 0 Å². The van der Waals surface area contributed by atoms with E-state index in [1.165, 1.54) is 20.8 Å². The highest BCUT2D eigenvalue weighted by Crippen LogP contribution is 2.16. The van der Waals surface area contributed by atoms with Crippen molar-refractivity contribution >= 4 is 82.8 Å². The lowest BCUT2D eigenvalue weighted by atomic mass is 9.95. The second-order valence-electron chi connectivity index (χ2n) is 21.6. The Morgan fingerprint density at radius 1 is 0.372 bits per heavy atom. The minimum Gasteiger partial charge on any atom is -0.481 e. The molecule has 0 unspecified atom stereocenters. The third-order valence-electron chi connectivity index (χ3n) is 14.3. The largest absolute Gasteiger partial charge is 0.481 e. The standard InChI is InChI=1S/C57H85N13O16/c1-9-29(6)45(68-49(78)34(58)22-32-18-14-12-15-19-32)55(84)66-39(27-43(75)76)53(82)69-46(30(7)10-2)56(85)65-37(25-41(60)72)51(80)63-38(26-42(73)74)52(81)67-44(28(4)5)54(83)70-47(31(8)11-3)57(86)64-36(24-40(59)71)50(79)62-35(48(61)77)23-33-20-16-13-17-21-33/h12-21,28-31,34-39,44-47H,9-11,22-27,58H2,1-8H3,(H2,59,71)(H2,60,72)(H2,61,77)(H,62,79)(H,63,80)(H,64,86)(H,65,85)(H,66,84)(H,67,81)(H,68,78)(H,69,82)(H,70,83)(H,73,74)(H,75,76)/t29-,30-,31-,34-,35-,36-,37-,38-,39-,44-,45-,46-,47-/m0/s1. The second kappa shape index (κ2) is 36.0. The first kappa shape index (κ1) is 73.1. The van der Waals surface area contributed by atoms with Gasteiger partial charge in [-0.05, 0) is 41.2 Å². The molecule has 19 N–H and O–H groups in total. The van der Waals surface area contributed by atoms with Gasteiger partial charge in [-0.3, -0.25) is 67.1 Å². The molecule has 2 rings (SSSR count). The molecule has 2 aromatic rings. The Labute approximate surface area is 498 Å². The molecule has 0 aromatic heterocycles. The quantitative estimate of drug-likeness (QED) is 0.0322. The number of carbonyl (C=O) groups is 14. The van der Waals surface area contributed by atoms with Crippen molar-refractivity contribution in [1.82, 2.24) is 47.9 Å². The number of primary amides is 3. The number of nitrogens with one attached hydrogen (secondary N) is 9. The molecule has 29 nitrogen and oxygen atoms in total. The van der Waals surface area contributed by atoms with Gasteiger partial charge in [0.05, 0.1) is 31.7 Å². The zero-order valence-corrected chi connectivity index (χ0v) is 49.6. The van der Waals surface area contributed by atoms with Gasteiger partial charge in [0.2, 0.25) is 70.9 Å². The number of amides is 12. The first-order chi connectivity index (χ1) is 40.3. The van der Waals surface area contributed by atoms with Gasteiger partial charge in [-0.25, -0.2) is 0 Å². The first-order valence-electron chi connectivity index (χ1n) is 28.2. The van der Waals surface area contributed by atoms with E-state index in [0.717, 1.165) is 5.56 Å². The highest BCUT2D eigenvalue weighted by molar-refractivity contribution is 6.01. The average molecular weight is 1210 g/mol. The van der Waals surface area contributed by atoms with Crippen LogP contribution in [0.1, 0.15) is 111 Å². The molecule has 0 bridgehead atoms. The molecule has 474 valence electrons. The maximum Gasteiger partial charge on any atom is 0.305 e. The fourth-order valence-electron chi connectivity index (χ4n) is 8.60. The molecule has 0 saturated carbocycles. The number of carboxylic acid groups (broad SMARTS) is 2. The number of carboxylic acids is 2. The maximum absolute atomic E-state index is 14.1. The summed E-state index contributed by atoms with van der Waals surface area (Å²) in [6.45, 7) is 12.6. The summed E-state index contributed by atoms with van der Waals surface area (Å²) in [5.74, 6) is -18.8. The molecule has 29 heteroatoms. The number of hydrogen-bond acceptors (Lipinski definition) is 15. The highest BCUT2D eigenvalue weighted by atomic mass is 16.4. The number of nitrogens with two attached hydrogens (primary N) is 4. The van der Waals surface area contributed by atoms with Crippen molar-refractivity contribution in [2.45, 2.75) is 174 Å². The Morgan fingerprint density at radius 2 is 0.651 bits per heavy atom. The topological polar surface area (TPSA) is 492 Å². The molecular formula is C57H85N13O16. The van der Waals surface area contributed by atoms with Crippen LogP contribution in [0.15, 0.2) is 60.7 Å². The molecule has 12 amide bonds. The number of aliphatic carboxylic acids is 2. The van der Waals surface area contributed by atoms with Gasteiger partial charge in [0.1, 0.15) is 54.4 Å². The lowest BCUT2D eigenvalue weighted by molar-refractivity contribution is -0.143. The monoisotopic (exact) mass is 1210 g/mol. The van der Waals surface area contributed by atoms with E-state index in [9.17, 15) is 77.3 Å². The van der Waals surface area contributed by atoms with Crippen LogP contribution in [-0.4, -0.2) is 153 Å². The smallest absolute Gasteiger partial charge is 0.305 e.